The van der Waals surface area contributed by atoms with E-state index in [0.717, 1.165) is 0 Å². The van der Waals surface area contributed by atoms with Crippen molar-refractivity contribution < 1.29 is 61.6 Å². The molecule has 0 unspecified atom stereocenters. The van der Waals surface area contributed by atoms with Crippen LogP contribution in [-0.2, 0) is 0 Å². The minimum Gasteiger partial charge on any atom is -1.00 e. The second-order valence-electron chi connectivity index (χ2n) is 3.03. The van der Waals surface area contributed by atoms with Crippen molar-refractivity contribution in [3.8, 4) is 0 Å². The molecule has 0 fully saturated rings. The van der Waals surface area contributed by atoms with E-state index >= 15 is 0 Å². The molecule has 6 N–H and O–H groups in total. The molecule has 0 aliphatic rings. The zero-order valence-electron chi connectivity index (χ0n) is 11.4. The molecule has 0 aliphatic carbocycles. The Morgan fingerprint density at radius 2 is 1.06 bits per heavy atom. The summed E-state index contributed by atoms with van der Waals surface area (Å²) in [6, 6.07) is 0. The summed E-state index contributed by atoms with van der Waals surface area (Å²) in [5.74, 6) is 0. The van der Waals surface area contributed by atoms with E-state index in [9.17, 15) is 0 Å². The smallest absolute Gasteiger partial charge is 1.00 e. The molecule has 0 bridgehead atoms. The van der Waals surface area contributed by atoms with Crippen LogP contribution in [0.2, 0.25) is 0 Å². The largest absolute Gasteiger partial charge is 1.00 e. The number of aliphatic hydroxyl groups is 6. The SMILES string of the molecule is OCC(O)CO.OCCN(CCO)CCO.[H-].[Na+]. The van der Waals surface area contributed by atoms with Gasteiger partial charge in [-0.1, -0.05) is 0 Å². The van der Waals surface area contributed by atoms with Gasteiger partial charge in [-0.15, -0.1) is 0 Å². The zero-order valence-corrected chi connectivity index (χ0v) is 12.4. The molecule has 0 aromatic heterocycles. The molecule has 0 rings (SSSR count). The molecule has 0 aromatic carbocycles. The van der Waals surface area contributed by atoms with Gasteiger partial charge in [0.25, 0.3) is 0 Å². The molecule has 8 heteroatoms. The quantitative estimate of drug-likeness (QED) is 0.241. The van der Waals surface area contributed by atoms with Crippen molar-refractivity contribution in [2.75, 3.05) is 52.7 Å². The molecule has 0 amide bonds. The molecular weight excluding hydrogens is 241 g/mol. The fraction of sp³-hybridized carbons (Fsp3) is 1.00. The van der Waals surface area contributed by atoms with Gasteiger partial charge < -0.3 is 32.1 Å². The van der Waals surface area contributed by atoms with E-state index in [-0.39, 0.29) is 64.0 Å². The van der Waals surface area contributed by atoms with Crippen molar-refractivity contribution in [1.29, 1.82) is 0 Å². The molecule has 7 nitrogen and oxygen atoms in total. The van der Waals surface area contributed by atoms with Crippen molar-refractivity contribution in [1.82, 2.24) is 4.90 Å². The van der Waals surface area contributed by atoms with E-state index in [1.165, 1.54) is 0 Å². The summed E-state index contributed by atoms with van der Waals surface area (Å²) >= 11 is 0. The van der Waals surface area contributed by atoms with E-state index in [2.05, 4.69) is 0 Å². The number of hydrogen-bond donors (Lipinski definition) is 6. The maximum Gasteiger partial charge on any atom is 1.00 e. The third kappa shape index (κ3) is 19.2. The first-order valence-corrected chi connectivity index (χ1v) is 5.10. The molecule has 0 aliphatic heterocycles. The van der Waals surface area contributed by atoms with Gasteiger partial charge in [-0.25, -0.2) is 0 Å². The fourth-order valence-corrected chi connectivity index (χ4v) is 0.817. The number of nitrogens with zero attached hydrogens (tertiary/aromatic N) is 1. The third-order valence-corrected chi connectivity index (χ3v) is 1.67. The van der Waals surface area contributed by atoms with Crippen LogP contribution >= 0.6 is 0 Å². The van der Waals surface area contributed by atoms with Crippen LogP contribution in [0.3, 0.4) is 0 Å². The van der Waals surface area contributed by atoms with Gasteiger partial charge in [0.1, 0.15) is 6.10 Å². The third-order valence-electron chi connectivity index (χ3n) is 1.67. The predicted molar refractivity (Wildman–Crippen MR) is 59.0 cm³/mol. The molecule has 102 valence electrons. The van der Waals surface area contributed by atoms with Gasteiger partial charge in [-0.05, 0) is 0 Å². The maximum atomic E-state index is 8.48. The molecule has 0 aromatic rings. The Balaban J connectivity index is -0.000000108. The van der Waals surface area contributed by atoms with Crippen LogP contribution in [0.15, 0.2) is 0 Å². The summed E-state index contributed by atoms with van der Waals surface area (Å²) in [7, 11) is 0. The van der Waals surface area contributed by atoms with Crippen LogP contribution < -0.4 is 29.6 Å². The van der Waals surface area contributed by atoms with E-state index in [1.54, 1.807) is 4.90 Å². The topological polar surface area (TPSA) is 125 Å². The molecular formula is C9H24NNaO6. The summed E-state index contributed by atoms with van der Waals surface area (Å²) in [6.45, 7) is 1.02. The predicted octanol–water partition coefficient (Wildman–Crippen LogP) is -6.29. The zero-order chi connectivity index (χ0) is 12.8. The first kappa shape index (κ1) is 22.9. The summed E-state index contributed by atoms with van der Waals surface area (Å²) in [6.07, 6.45) is -0.954. The monoisotopic (exact) mass is 265 g/mol. The van der Waals surface area contributed by atoms with Crippen LogP contribution in [0, 0.1) is 0 Å². The fourth-order valence-electron chi connectivity index (χ4n) is 0.817. The number of aliphatic hydroxyl groups excluding tert-OH is 6. The van der Waals surface area contributed by atoms with Crippen LogP contribution in [0.5, 0.6) is 0 Å². The Bertz CT molecular complexity index is 119. The normalized spacial score (nSPS) is 9.88. The minimum absolute atomic E-state index is 0. The van der Waals surface area contributed by atoms with Gasteiger partial charge in [0, 0.05) is 19.6 Å². The van der Waals surface area contributed by atoms with Crippen LogP contribution in [0.4, 0.5) is 0 Å². The maximum absolute atomic E-state index is 8.48. The van der Waals surface area contributed by atoms with E-state index in [0.29, 0.717) is 19.6 Å². The standard InChI is InChI=1S/C6H15NO3.C3H8O3.Na.H/c8-4-1-7(2-5-9)3-6-10;4-1-3(6)2-5;;/h8-10H,1-6H2;3-6H,1-2H2;;/q;;+1;-1. The first-order chi connectivity index (χ1) is 7.65. The second kappa shape index (κ2) is 19.1. The van der Waals surface area contributed by atoms with Crippen molar-refractivity contribution in [3.63, 3.8) is 0 Å². The average Bonchev–Trinajstić information content (AvgIpc) is 2.30. The molecule has 0 atom stereocenters. The van der Waals surface area contributed by atoms with Gasteiger partial charge in [-0.3, -0.25) is 4.90 Å². The first-order valence-electron chi connectivity index (χ1n) is 5.10. The molecule has 0 saturated heterocycles. The van der Waals surface area contributed by atoms with E-state index < -0.39 is 6.10 Å². The van der Waals surface area contributed by atoms with Crippen molar-refractivity contribution >= 4 is 0 Å². The van der Waals surface area contributed by atoms with Gasteiger partial charge in [0.05, 0.1) is 33.0 Å². The van der Waals surface area contributed by atoms with Crippen LogP contribution in [-0.4, -0.2) is 94.3 Å². The molecule has 0 spiro atoms. The average molecular weight is 265 g/mol. The summed E-state index contributed by atoms with van der Waals surface area (Å²) in [5.41, 5.74) is 0. The Labute approximate surface area is 125 Å². The number of rotatable bonds is 8. The Morgan fingerprint density at radius 3 is 1.18 bits per heavy atom. The van der Waals surface area contributed by atoms with Crippen LogP contribution in [0.1, 0.15) is 1.43 Å². The Kier molecular flexibility index (Phi) is 25.6. The van der Waals surface area contributed by atoms with Crippen molar-refractivity contribution in [3.05, 3.63) is 0 Å². The summed E-state index contributed by atoms with van der Waals surface area (Å²) < 4.78 is 0. The molecule has 0 radical (unpaired) electrons. The second-order valence-corrected chi connectivity index (χ2v) is 3.03. The molecule has 0 saturated carbocycles. The summed E-state index contributed by atoms with van der Waals surface area (Å²) in [5, 5.41) is 49.5. The Morgan fingerprint density at radius 1 is 0.765 bits per heavy atom. The molecule has 0 heterocycles. The molecule has 17 heavy (non-hydrogen) atoms. The van der Waals surface area contributed by atoms with E-state index in [1.807, 2.05) is 0 Å². The van der Waals surface area contributed by atoms with Gasteiger partial charge in [0.15, 0.2) is 0 Å². The van der Waals surface area contributed by atoms with Gasteiger partial charge >= 0.3 is 29.6 Å². The van der Waals surface area contributed by atoms with Crippen LogP contribution in [0.25, 0.3) is 0 Å². The van der Waals surface area contributed by atoms with Gasteiger partial charge in [0.2, 0.25) is 0 Å². The summed E-state index contributed by atoms with van der Waals surface area (Å²) in [4.78, 5) is 1.79. The number of hydrogen-bond acceptors (Lipinski definition) is 7. The van der Waals surface area contributed by atoms with Crippen molar-refractivity contribution in [2.24, 2.45) is 0 Å². The van der Waals surface area contributed by atoms with Gasteiger partial charge in [-0.2, -0.15) is 0 Å². The van der Waals surface area contributed by atoms with Crippen molar-refractivity contribution in [2.45, 2.75) is 6.10 Å². The Hall–Kier alpha value is 0.720. The minimum atomic E-state index is -0.954. The van der Waals surface area contributed by atoms with E-state index in [4.69, 9.17) is 30.6 Å².